The molecular weight excluding hydrogens is 406 g/mol. The van der Waals surface area contributed by atoms with Crippen LogP contribution in [0.3, 0.4) is 0 Å². The number of anilines is 1. The first kappa shape index (κ1) is 20.1. The summed E-state index contributed by atoms with van der Waals surface area (Å²) in [7, 11) is 0. The molecule has 1 aliphatic carbocycles. The predicted molar refractivity (Wildman–Crippen MR) is 109 cm³/mol. The number of hydrogen-bond donors (Lipinski definition) is 2. The number of fused-ring (bicyclic) bond motifs is 2. The van der Waals surface area contributed by atoms with E-state index in [4.69, 9.17) is 9.72 Å². The maximum Gasteiger partial charge on any atom is 0.290 e. The molecule has 2 aliphatic heterocycles. The van der Waals surface area contributed by atoms with Gasteiger partial charge in [-0.25, -0.2) is 9.97 Å². The number of aromatic nitrogens is 2. The number of aliphatic hydroxyl groups is 1. The van der Waals surface area contributed by atoms with Gasteiger partial charge in [-0.2, -0.15) is 8.78 Å². The first-order valence-electron chi connectivity index (χ1n) is 10.5. The van der Waals surface area contributed by atoms with Gasteiger partial charge in [0.15, 0.2) is 0 Å². The first-order chi connectivity index (χ1) is 14.7. The second-order valence-corrected chi connectivity index (χ2v) is 8.50. The van der Waals surface area contributed by atoms with E-state index in [0.29, 0.717) is 30.8 Å². The molecular formula is C22H24F2N4O3. The fourth-order valence-corrected chi connectivity index (χ4v) is 4.51. The minimum atomic E-state index is -3.01. The quantitative estimate of drug-likeness (QED) is 0.774. The van der Waals surface area contributed by atoms with Crippen molar-refractivity contribution in [2.45, 2.75) is 57.7 Å². The van der Waals surface area contributed by atoms with Gasteiger partial charge in [-0.3, -0.25) is 4.79 Å². The average molecular weight is 430 g/mol. The Morgan fingerprint density at radius 3 is 2.87 bits per heavy atom. The molecule has 1 saturated heterocycles. The van der Waals surface area contributed by atoms with Crippen LogP contribution in [0.25, 0.3) is 11.3 Å². The molecule has 2 aromatic rings. The third kappa shape index (κ3) is 3.31. The van der Waals surface area contributed by atoms with E-state index in [2.05, 4.69) is 10.3 Å². The monoisotopic (exact) mass is 430 g/mol. The first-order valence-corrected chi connectivity index (χ1v) is 10.5. The summed E-state index contributed by atoms with van der Waals surface area (Å²) < 4.78 is 35.1. The van der Waals surface area contributed by atoms with Gasteiger partial charge in [0.25, 0.3) is 5.92 Å². The van der Waals surface area contributed by atoms with E-state index in [1.807, 2.05) is 19.1 Å². The lowest BCUT2D eigenvalue weighted by molar-refractivity contribution is -0.119. The zero-order chi connectivity index (χ0) is 21.9. The molecule has 164 valence electrons. The number of benzene rings is 1. The summed E-state index contributed by atoms with van der Waals surface area (Å²) in [6.45, 7) is 4.41. The van der Waals surface area contributed by atoms with E-state index >= 15 is 0 Å². The van der Waals surface area contributed by atoms with Crippen molar-refractivity contribution in [1.29, 1.82) is 0 Å². The zero-order valence-electron chi connectivity index (χ0n) is 17.4. The lowest BCUT2D eigenvalue weighted by Crippen LogP contribution is -2.59. The maximum atomic E-state index is 14.7. The van der Waals surface area contributed by atoms with Crippen molar-refractivity contribution in [2.75, 3.05) is 18.1 Å². The van der Waals surface area contributed by atoms with E-state index in [0.717, 1.165) is 22.4 Å². The summed E-state index contributed by atoms with van der Waals surface area (Å²) in [5, 5.41) is 12.7. The normalized spacial score (nSPS) is 23.1. The largest absolute Gasteiger partial charge is 0.493 e. The number of alkyl halides is 2. The van der Waals surface area contributed by atoms with E-state index < -0.39 is 12.0 Å². The van der Waals surface area contributed by atoms with Gasteiger partial charge in [0, 0.05) is 49.5 Å². The van der Waals surface area contributed by atoms with Crippen LogP contribution in [0, 0.1) is 0 Å². The van der Waals surface area contributed by atoms with Crippen LogP contribution in [0.2, 0.25) is 0 Å². The molecule has 0 radical (unpaired) electrons. The molecule has 0 saturated carbocycles. The van der Waals surface area contributed by atoms with Crippen LogP contribution >= 0.6 is 0 Å². The molecule has 9 heteroatoms. The van der Waals surface area contributed by atoms with Crippen molar-refractivity contribution < 1.29 is 23.4 Å². The molecule has 3 aliphatic rings. The molecule has 0 bridgehead atoms. The lowest BCUT2D eigenvalue weighted by Gasteiger charge is -2.43. The highest BCUT2D eigenvalue weighted by Gasteiger charge is 2.45. The summed E-state index contributed by atoms with van der Waals surface area (Å²) in [4.78, 5) is 22.1. The van der Waals surface area contributed by atoms with Gasteiger partial charge in [-0.05, 0) is 31.0 Å². The second kappa shape index (κ2) is 7.12. The van der Waals surface area contributed by atoms with Crippen molar-refractivity contribution in [3.05, 3.63) is 34.5 Å². The molecule has 1 fully saturated rings. The van der Waals surface area contributed by atoms with Crippen molar-refractivity contribution in [3.63, 3.8) is 0 Å². The van der Waals surface area contributed by atoms with E-state index in [1.165, 1.54) is 6.92 Å². The highest BCUT2D eigenvalue weighted by atomic mass is 19.3. The van der Waals surface area contributed by atoms with Crippen LogP contribution in [-0.2, 0) is 30.1 Å². The van der Waals surface area contributed by atoms with Crippen molar-refractivity contribution in [1.82, 2.24) is 15.3 Å². The number of ether oxygens (including phenoxy) is 1. The summed E-state index contributed by atoms with van der Waals surface area (Å²) in [5.74, 6) is -2.21. The van der Waals surface area contributed by atoms with Gasteiger partial charge in [0.1, 0.15) is 11.4 Å². The van der Waals surface area contributed by atoms with Crippen LogP contribution in [0.4, 0.5) is 14.7 Å². The van der Waals surface area contributed by atoms with Crippen molar-refractivity contribution in [3.8, 4) is 17.0 Å². The molecule has 1 aromatic carbocycles. The smallest absolute Gasteiger partial charge is 0.290 e. The van der Waals surface area contributed by atoms with Gasteiger partial charge in [0.05, 0.1) is 24.4 Å². The van der Waals surface area contributed by atoms with Crippen LogP contribution in [0.15, 0.2) is 12.1 Å². The minimum absolute atomic E-state index is 0.160. The molecule has 3 heterocycles. The van der Waals surface area contributed by atoms with Crippen LogP contribution in [0.5, 0.6) is 5.75 Å². The number of nitrogens with one attached hydrogen (secondary N) is 1. The third-order valence-electron chi connectivity index (χ3n) is 6.38. The fourth-order valence-electron chi connectivity index (χ4n) is 4.51. The number of carbonyl (C=O) groups is 1. The Hall–Kier alpha value is -2.81. The zero-order valence-corrected chi connectivity index (χ0v) is 17.4. The van der Waals surface area contributed by atoms with Gasteiger partial charge < -0.3 is 20.1 Å². The summed E-state index contributed by atoms with van der Waals surface area (Å²) in [6.07, 6.45) is 0.0904. The van der Waals surface area contributed by atoms with Crippen molar-refractivity contribution in [2.24, 2.45) is 0 Å². The molecule has 1 aromatic heterocycles. The van der Waals surface area contributed by atoms with Gasteiger partial charge in [-0.15, -0.1) is 0 Å². The fraction of sp³-hybridized carbons (Fsp3) is 0.500. The number of hydrogen-bond acceptors (Lipinski definition) is 6. The van der Waals surface area contributed by atoms with Crippen molar-refractivity contribution >= 4 is 11.9 Å². The molecule has 31 heavy (non-hydrogen) atoms. The number of nitrogens with zero attached hydrogens (tertiary/aromatic N) is 3. The number of β-amino-alcohol motifs (C(OH)–C–C–N with tert-alkyl or cyclic N) is 1. The van der Waals surface area contributed by atoms with E-state index in [-0.39, 0.29) is 43.0 Å². The Morgan fingerprint density at radius 2 is 2.16 bits per heavy atom. The molecule has 2 atom stereocenters. The number of amides is 1. The molecule has 1 amide bonds. The number of rotatable bonds is 4. The SMILES string of the molecule is CC(=O)NCc1cc(-c2nc(N3C[C@@H](O)[C@@H]3C)nc3c2CCC3(F)F)cc2c1OCC2. The average Bonchev–Trinajstić information content (AvgIpc) is 3.33. The van der Waals surface area contributed by atoms with Gasteiger partial charge in [0.2, 0.25) is 11.9 Å². The second-order valence-electron chi connectivity index (χ2n) is 8.50. The van der Waals surface area contributed by atoms with Crippen LogP contribution in [-0.4, -0.2) is 46.3 Å². The molecule has 0 spiro atoms. The van der Waals surface area contributed by atoms with Gasteiger partial charge in [-0.1, -0.05) is 0 Å². The Labute approximate surface area is 178 Å². The summed E-state index contributed by atoms with van der Waals surface area (Å²) in [6, 6.07) is 3.57. The third-order valence-corrected chi connectivity index (χ3v) is 6.38. The number of halogens is 2. The summed E-state index contributed by atoms with van der Waals surface area (Å²) >= 11 is 0. The molecule has 5 rings (SSSR count). The molecule has 7 nitrogen and oxygen atoms in total. The highest BCUT2D eigenvalue weighted by molar-refractivity contribution is 5.74. The Bertz CT molecular complexity index is 1080. The predicted octanol–water partition coefficient (Wildman–Crippen LogP) is 2.32. The Kier molecular flexibility index (Phi) is 4.62. The standard InChI is InChI=1S/C22H24F2N4O3/c1-11-17(30)10-28(11)21-26-18(16-3-5-22(23,24)20(16)27-21)14-7-13-4-6-31-19(13)15(8-14)9-25-12(2)29/h7-8,11,17,30H,3-6,9-10H2,1-2H3,(H,25,29)/t11-,17+/m0/s1. The molecule has 0 unspecified atom stereocenters. The Morgan fingerprint density at radius 1 is 1.35 bits per heavy atom. The highest BCUT2D eigenvalue weighted by Crippen LogP contribution is 2.46. The Balaban J connectivity index is 1.64. The topological polar surface area (TPSA) is 87.6 Å². The van der Waals surface area contributed by atoms with E-state index in [1.54, 1.807) is 4.90 Å². The summed E-state index contributed by atoms with van der Waals surface area (Å²) in [5.41, 5.74) is 3.23. The lowest BCUT2D eigenvalue weighted by atomic mass is 9.97. The van der Waals surface area contributed by atoms with Gasteiger partial charge >= 0.3 is 0 Å². The maximum absolute atomic E-state index is 14.7. The molecule has 2 N–H and O–H groups in total. The number of aliphatic hydroxyl groups excluding tert-OH is 1. The minimum Gasteiger partial charge on any atom is -0.493 e. The van der Waals surface area contributed by atoms with E-state index in [9.17, 15) is 18.7 Å². The number of carbonyl (C=O) groups excluding carboxylic acids is 1. The van der Waals surface area contributed by atoms with Crippen LogP contribution in [0.1, 0.15) is 42.7 Å². The van der Waals surface area contributed by atoms with Crippen LogP contribution < -0.4 is 15.0 Å².